The third-order valence-electron chi connectivity index (χ3n) is 7.22. The molecule has 9 heteroatoms. The second-order valence-corrected chi connectivity index (χ2v) is 13.6. The summed E-state index contributed by atoms with van der Waals surface area (Å²) in [6.07, 6.45) is 1.85. The number of hydrogen-bond acceptors (Lipinski definition) is 8. The highest BCUT2D eigenvalue weighted by atomic mass is 32.1. The summed E-state index contributed by atoms with van der Waals surface area (Å²) >= 11 is 1.27. The van der Waals surface area contributed by atoms with Crippen LogP contribution in [0.1, 0.15) is 90.6 Å². The van der Waals surface area contributed by atoms with Crippen LogP contribution in [0.15, 0.2) is 57.5 Å². The van der Waals surface area contributed by atoms with Crippen LogP contribution >= 0.6 is 11.3 Å². The van der Waals surface area contributed by atoms with Crippen molar-refractivity contribution in [3.63, 3.8) is 0 Å². The fourth-order valence-electron chi connectivity index (χ4n) is 5.15. The van der Waals surface area contributed by atoms with Gasteiger partial charge in [-0.2, -0.15) is 0 Å². The van der Waals surface area contributed by atoms with Gasteiger partial charge in [0.2, 0.25) is 0 Å². The van der Waals surface area contributed by atoms with Crippen LogP contribution < -0.4 is 24.4 Å². The summed E-state index contributed by atoms with van der Waals surface area (Å²) in [5, 5.41) is 0. The van der Waals surface area contributed by atoms with E-state index in [1.807, 2.05) is 30.3 Å². The van der Waals surface area contributed by atoms with Gasteiger partial charge in [-0.1, -0.05) is 65.0 Å². The molecule has 0 bridgehead atoms. The molecule has 1 atom stereocenters. The molecule has 0 spiro atoms. The summed E-state index contributed by atoms with van der Waals surface area (Å²) in [5.41, 5.74) is 3.14. The van der Waals surface area contributed by atoms with E-state index in [0.29, 0.717) is 32.1 Å². The Balaban J connectivity index is 2.00. The second kappa shape index (κ2) is 12.0. The standard InChI is InChI=1S/C34H40N2O6S/c1-11-41-31(39)27-19(2)35-32-36(28(27)22-12-14-23(40-10)15-13-22)30(38)26(43-32)18-21-16-24(33(4,5)6)29(42-20(3)37)25(17-21)34(7,8)9/h12-18,28H,11H2,1-10H3/b26-18-. The SMILES string of the molecule is CCOC(=O)C1=C(C)N=c2s/c(=C\c3cc(C(C)(C)C)c(OC(C)=O)c(C(C)(C)C)c3)c(=O)n2C1c1ccc(OC)cc1. The number of rotatable bonds is 6. The van der Waals surface area contributed by atoms with Gasteiger partial charge in [0.05, 0.1) is 35.6 Å². The van der Waals surface area contributed by atoms with Crippen LogP contribution in [0.25, 0.3) is 6.08 Å². The highest BCUT2D eigenvalue weighted by Gasteiger charge is 2.34. The molecular formula is C34H40N2O6S. The topological polar surface area (TPSA) is 96.2 Å². The normalized spacial score (nSPS) is 15.6. The second-order valence-electron chi connectivity index (χ2n) is 12.6. The summed E-state index contributed by atoms with van der Waals surface area (Å²) in [4.78, 5) is 44.6. The predicted molar refractivity (Wildman–Crippen MR) is 169 cm³/mol. The fraction of sp³-hybridized carbons (Fsp3) is 0.412. The summed E-state index contributed by atoms with van der Waals surface area (Å²) < 4.78 is 18.5. The molecule has 1 unspecified atom stereocenters. The van der Waals surface area contributed by atoms with E-state index in [4.69, 9.17) is 14.2 Å². The number of hydrogen-bond donors (Lipinski definition) is 0. The quantitative estimate of drug-likeness (QED) is 0.279. The van der Waals surface area contributed by atoms with Crippen molar-refractivity contribution < 1.29 is 23.8 Å². The average Bonchev–Trinajstić information content (AvgIpc) is 3.21. The molecule has 8 nitrogen and oxygen atoms in total. The highest BCUT2D eigenvalue weighted by molar-refractivity contribution is 7.07. The minimum Gasteiger partial charge on any atom is -0.497 e. The Bertz CT molecular complexity index is 1750. The smallest absolute Gasteiger partial charge is 0.338 e. The molecule has 0 saturated heterocycles. The molecule has 43 heavy (non-hydrogen) atoms. The van der Waals surface area contributed by atoms with Crippen molar-refractivity contribution in [3.8, 4) is 11.5 Å². The number of allylic oxidation sites excluding steroid dienone is 1. The van der Waals surface area contributed by atoms with Gasteiger partial charge in [0, 0.05) is 18.1 Å². The number of thiazole rings is 1. The molecule has 4 rings (SSSR count). The number of nitrogens with zero attached hydrogens (tertiary/aromatic N) is 2. The van der Waals surface area contributed by atoms with Gasteiger partial charge in [0.25, 0.3) is 5.56 Å². The minimum absolute atomic E-state index is 0.199. The van der Waals surface area contributed by atoms with Crippen molar-refractivity contribution in [2.45, 2.75) is 79.2 Å². The van der Waals surface area contributed by atoms with Crippen molar-refractivity contribution >= 4 is 29.4 Å². The van der Waals surface area contributed by atoms with Gasteiger partial charge in [-0.05, 0) is 66.1 Å². The summed E-state index contributed by atoms with van der Waals surface area (Å²) in [6.45, 7) is 17.5. The number of benzene rings is 2. The van der Waals surface area contributed by atoms with Crippen LogP contribution in [0.4, 0.5) is 0 Å². The lowest BCUT2D eigenvalue weighted by Crippen LogP contribution is -2.39. The highest BCUT2D eigenvalue weighted by Crippen LogP contribution is 2.41. The molecule has 1 aliphatic heterocycles. The lowest BCUT2D eigenvalue weighted by atomic mass is 9.78. The third kappa shape index (κ3) is 6.51. The molecule has 0 fully saturated rings. The summed E-state index contributed by atoms with van der Waals surface area (Å²) in [7, 11) is 1.58. The van der Waals surface area contributed by atoms with E-state index < -0.39 is 12.0 Å². The average molecular weight is 605 g/mol. The first kappa shape index (κ1) is 31.9. The Morgan fingerprint density at radius 2 is 1.60 bits per heavy atom. The van der Waals surface area contributed by atoms with Gasteiger partial charge in [-0.15, -0.1) is 0 Å². The molecule has 0 amide bonds. The van der Waals surface area contributed by atoms with Crippen molar-refractivity contribution in [3.05, 3.63) is 89.6 Å². The first-order chi connectivity index (χ1) is 20.1. The van der Waals surface area contributed by atoms with E-state index in [0.717, 1.165) is 22.3 Å². The van der Waals surface area contributed by atoms with E-state index in [-0.39, 0.29) is 29.0 Å². The van der Waals surface area contributed by atoms with Crippen molar-refractivity contribution in [1.82, 2.24) is 4.57 Å². The maximum atomic E-state index is 14.1. The molecule has 0 N–H and O–H groups in total. The van der Waals surface area contributed by atoms with Crippen molar-refractivity contribution in [2.75, 3.05) is 13.7 Å². The van der Waals surface area contributed by atoms with E-state index in [2.05, 4.69) is 46.5 Å². The lowest BCUT2D eigenvalue weighted by Gasteiger charge is -2.29. The molecular weight excluding hydrogens is 564 g/mol. The number of methoxy groups -OCH3 is 1. The summed E-state index contributed by atoms with van der Waals surface area (Å²) in [6, 6.07) is 10.5. The largest absolute Gasteiger partial charge is 0.497 e. The summed E-state index contributed by atoms with van der Waals surface area (Å²) in [5.74, 6) is 0.323. The number of ether oxygens (including phenoxy) is 3. The van der Waals surface area contributed by atoms with Crippen LogP contribution in [0.2, 0.25) is 0 Å². The first-order valence-electron chi connectivity index (χ1n) is 14.3. The van der Waals surface area contributed by atoms with Gasteiger partial charge in [-0.25, -0.2) is 9.79 Å². The third-order valence-corrected chi connectivity index (χ3v) is 8.20. The molecule has 3 aromatic rings. The number of carbonyl (C=O) groups is 2. The molecule has 0 aliphatic carbocycles. The molecule has 0 radical (unpaired) electrons. The zero-order chi connectivity index (χ0) is 31.9. The zero-order valence-corrected chi connectivity index (χ0v) is 27.4. The molecule has 0 saturated carbocycles. The number of carbonyl (C=O) groups excluding carboxylic acids is 2. The van der Waals surface area contributed by atoms with Gasteiger partial charge in [0.1, 0.15) is 11.5 Å². The Kier molecular flexibility index (Phi) is 8.88. The first-order valence-corrected chi connectivity index (χ1v) is 15.1. The maximum Gasteiger partial charge on any atom is 0.338 e. The lowest BCUT2D eigenvalue weighted by molar-refractivity contribution is -0.139. The van der Waals surface area contributed by atoms with E-state index in [1.165, 1.54) is 18.3 Å². The van der Waals surface area contributed by atoms with Gasteiger partial charge >= 0.3 is 11.9 Å². The van der Waals surface area contributed by atoms with Crippen molar-refractivity contribution in [2.24, 2.45) is 4.99 Å². The molecule has 2 heterocycles. The number of fused-ring (bicyclic) bond motifs is 1. The molecule has 228 valence electrons. The fourth-order valence-corrected chi connectivity index (χ4v) is 6.19. The minimum atomic E-state index is -0.718. The number of esters is 2. The van der Waals surface area contributed by atoms with Crippen LogP contribution in [0, 0.1) is 0 Å². The monoisotopic (exact) mass is 604 g/mol. The number of aromatic nitrogens is 1. The van der Waals surface area contributed by atoms with E-state index in [9.17, 15) is 14.4 Å². The predicted octanol–water partition coefficient (Wildman–Crippen LogP) is 5.33. The van der Waals surface area contributed by atoms with Crippen LogP contribution in [0.3, 0.4) is 0 Å². The maximum absolute atomic E-state index is 14.1. The Hall–Kier alpha value is -3.98. The van der Waals surface area contributed by atoms with Gasteiger partial charge in [-0.3, -0.25) is 14.2 Å². The van der Waals surface area contributed by atoms with Gasteiger partial charge < -0.3 is 14.2 Å². The van der Waals surface area contributed by atoms with Crippen LogP contribution in [-0.4, -0.2) is 30.2 Å². The Morgan fingerprint density at radius 3 is 2.09 bits per heavy atom. The van der Waals surface area contributed by atoms with Crippen LogP contribution in [-0.2, 0) is 25.2 Å². The van der Waals surface area contributed by atoms with E-state index in [1.54, 1.807) is 37.7 Å². The van der Waals surface area contributed by atoms with Crippen LogP contribution in [0.5, 0.6) is 11.5 Å². The Morgan fingerprint density at radius 1 is 1.02 bits per heavy atom. The van der Waals surface area contributed by atoms with Crippen molar-refractivity contribution in [1.29, 1.82) is 0 Å². The van der Waals surface area contributed by atoms with Gasteiger partial charge in [0.15, 0.2) is 4.80 Å². The molecule has 2 aromatic carbocycles. The molecule has 1 aliphatic rings. The Labute approximate surface area is 256 Å². The molecule has 1 aromatic heterocycles. The van der Waals surface area contributed by atoms with E-state index >= 15 is 0 Å². The zero-order valence-electron chi connectivity index (χ0n) is 26.6.